The fourth-order valence-electron chi connectivity index (χ4n) is 4.27. The number of rotatable bonds is 5. The van der Waals surface area contributed by atoms with Crippen molar-refractivity contribution >= 4 is 5.91 Å². The molecule has 3 heteroatoms. The highest BCUT2D eigenvalue weighted by atomic mass is 16.5. The van der Waals surface area contributed by atoms with E-state index in [2.05, 4.69) is 31.3 Å². The van der Waals surface area contributed by atoms with Gasteiger partial charge in [-0.05, 0) is 54.7 Å². The maximum atomic E-state index is 12.7. The zero-order valence-corrected chi connectivity index (χ0v) is 13.8. The summed E-state index contributed by atoms with van der Waals surface area (Å²) in [6.45, 7) is 4.33. The Bertz CT molecular complexity index is 523. The van der Waals surface area contributed by atoms with Gasteiger partial charge in [0.15, 0.2) is 0 Å². The van der Waals surface area contributed by atoms with E-state index in [1.165, 1.54) is 19.3 Å². The average Bonchev–Trinajstić information content (AvgIpc) is 3.15. The first kappa shape index (κ1) is 15.4. The van der Waals surface area contributed by atoms with Gasteiger partial charge in [0.05, 0.1) is 13.2 Å². The maximum absolute atomic E-state index is 12.7. The predicted molar refractivity (Wildman–Crippen MR) is 87.7 cm³/mol. The van der Waals surface area contributed by atoms with Crippen LogP contribution in [0.5, 0.6) is 5.75 Å². The molecule has 0 spiro atoms. The van der Waals surface area contributed by atoms with Crippen LogP contribution in [0.3, 0.4) is 0 Å². The summed E-state index contributed by atoms with van der Waals surface area (Å²) >= 11 is 0. The highest BCUT2D eigenvalue weighted by molar-refractivity contribution is 5.80. The Morgan fingerprint density at radius 1 is 1.18 bits per heavy atom. The largest absolute Gasteiger partial charge is 0.497 e. The van der Waals surface area contributed by atoms with Gasteiger partial charge in [-0.2, -0.15) is 0 Å². The number of fused-ring (bicyclic) bond motifs is 2. The molecule has 4 atom stereocenters. The van der Waals surface area contributed by atoms with Crippen LogP contribution in [0.15, 0.2) is 24.3 Å². The first-order valence-electron chi connectivity index (χ1n) is 8.52. The van der Waals surface area contributed by atoms with E-state index in [0.717, 1.165) is 23.7 Å². The number of methoxy groups -OCH3 is 1. The zero-order chi connectivity index (χ0) is 15.7. The fourth-order valence-corrected chi connectivity index (χ4v) is 4.27. The number of ether oxygens (including phenoxy) is 1. The van der Waals surface area contributed by atoms with E-state index < -0.39 is 0 Å². The van der Waals surface area contributed by atoms with Crippen molar-refractivity contribution in [3.05, 3.63) is 29.8 Å². The first-order valence-corrected chi connectivity index (χ1v) is 8.52. The van der Waals surface area contributed by atoms with Crippen LogP contribution in [0.25, 0.3) is 0 Å². The van der Waals surface area contributed by atoms with E-state index in [-0.39, 0.29) is 17.9 Å². The van der Waals surface area contributed by atoms with Crippen molar-refractivity contribution in [1.29, 1.82) is 0 Å². The van der Waals surface area contributed by atoms with Crippen molar-refractivity contribution in [1.82, 2.24) is 5.32 Å². The van der Waals surface area contributed by atoms with Gasteiger partial charge in [-0.3, -0.25) is 4.79 Å². The Kier molecular flexibility index (Phi) is 4.42. The van der Waals surface area contributed by atoms with Gasteiger partial charge < -0.3 is 10.1 Å². The molecule has 2 saturated carbocycles. The predicted octanol–water partition coefficient (Wildman–Crippen LogP) is 3.94. The van der Waals surface area contributed by atoms with Crippen LogP contribution in [-0.2, 0) is 4.79 Å². The lowest BCUT2D eigenvalue weighted by molar-refractivity contribution is -0.127. The number of carbonyl (C=O) groups excluding carboxylic acids is 1. The topological polar surface area (TPSA) is 38.3 Å². The van der Waals surface area contributed by atoms with Gasteiger partial charge in [-0.1, -0.05) is 32.4 Å². The molecule has 1 aromatic rings. The van der Waals surface area contributed by atoms with Crippen molar-refractivity contribution in [2.75, 3.05) is 7.11 Å². The van der Waals surface area contributed by atoms with Crippen molar-refractivity contribution in [3.8, 4) is 5.75 Å². The fraction of sp³-hybridized carbons (Fsp3) is 0.632. The number of nitrogens with one attached hydrogen (secondary N) is 1. The summed E-state index contributed by atoms with van der Waals surface area (Å²) in [5.41, 5.74) is 1.16. The van der Waals surface area contributed by atoms with Gasteiger partial charge in [0.1, 0.15) is 5.75 Å². The summed E-state index contributed by atoms with van der Waals surface area (Å²) in [6.07, 6.45) is 4.95. The molecule has 0 unspecified atom stereocenters. The molecule has 0 radical (unpaired) electrons. The average molecular weight is 301 g/mol. The second-order valence-corrected chi connectivity index (χ2v) is 7.28. The molecule has 2 aliphatic carbocycles. The van der Waals surface area contributed by atoms with Crippen molar-refractivity contribution in [2.24, 2.45) is 23.7 Å². The number of hydrogen-bond donors (Lipinski definition) is 1. The standard InChI is InChI=1S/C19H27NO2/c1-12(2)18(14-6-8-16(22-3)9-7-14)20-19(21)17-11-13-4-5-15(17)10-13/h6-9,12-13,15,17-18H,4-5,10-11H2,1-3H3,(H,20,21)/t13-,15-,17+,18+/m0/s1. The summed E-state index contributed by atoms with van der Waals surface area (Å²) in [4.78, 5) is 12.7. The molecule has 1 amide bonds. The first-order chi connectivity index (χ1) is 10.6. The second-order valence-electron chi connectivity index (χ2n) is 7.28. The summed E-state index contributed by atoms with van der Waals surface area (Å²) in [6, 6.07) is 8.13. The summed E-state index contributed by atoms with van der Waals surface area (Å²) < 4.78 is 5.22. The second kappa shape index (κ2) is 6.31. The van der Waals surface area contributed by atoms with Gasteiger partial charge in [-0.15, -0.1) is 0 Å². The van der Waals surface area contributed by atoms with Crippen LogP contribution >= 0.6 is 0 Å². The lowest BCUT2D eigenvalue weighted by Crippen LogP contribution is -2.38. The molecule has 3 nitrogen and oxygen atoms in total. The van der Waals surface area contributed by atoms with E-state index in [9.17, 15) is 4.79 Å². The lowest BCUT2D eigenvalue weighted by atomic mass is 9.87. The molecule has 2 aliphatic rings. The van der Waals surface area contributed by atoms with Crippen molar-refractivity contribution in [2.45, 2.75) is 45.6 Å². The van der Waals surface area contributed by atoms with Gasteiger partial charge in [0, 0.05) is 5.92 Å². The molecule has 3 rings (SSSR count). The zero-order valence-electron chi connectivity index (χ0n) is 13.8. The molecule has 0 aromatic heterocycles. The summed E-state index contributed by atoms with van der Waals surface area (Å²) in [7, 11) is 1.67. The monoisotopic (exact) mass is 301 g/mol. The van der Waals surface area contributed by atoms with Gasteiger partial charge in [0.25, 0.3) is 0 Å². The maximum Gasteiger partial charge on any atom is 0.223 e. The number of carbonyl (C=O) groups is 1. The van der Waals surface area contributed by atoms with E-state index in [1.54, 1.807) is 7.11 Å². The molecule has 2 fully saturated rings. The minimum atomic E-state index is 0.0810. The number of amides is 1. The van der Waals surface area contributed by atoms with Crippen LogP contribution in [0.1, 0.15) is 51.1 Å². The van der Waals surface area contributed by atoms with E-state index in [4.69, 9.17) is 4.74 Å². The molecule has 1 aromatic carbocycles. The lowest BCUT2D eigenvalue weighted by Gasteiger charge is -2.27. The molecule has 1 N–H and O–H groups in total. The SMILES string of the molecule is COc1ccc([C@H](NC(=O)[C@@H]2C[C@H]3CC[C@H]2C3)C(C)C)cc1. The minimum absolute atomic E-state index is 0.0810. The van der Waals surface area contributed by atoms with Crippen molar-refractivity contribution in [3.63, 3.8) is 0 Å². The van der Waals surface area contributed by atoms with Crippen LogP contribution in [0.2, 0.25) is 0 Å². The molecule has 0 saturated heterocycles. The molecule has 0 aliphatic heterocycles. The van der Waals surface area contributed by atoms with Crippen molar-refractivity contribution < 1.29 is 9.53 Å². The third-order valence-electron chi connectivity index (χ3n) is 5.51. The highest BCUT2D eigenvalue weighted by Gasteiger charge is 2.43. The molecule has 120 valence electrons. The van der Waals surface area contributed by atoms with Gasteiger partial charge in [0.2, 0.25) is 5.91 Å². The third-order valence-corrected chi connectivity index (χ3v) is 5.51. The normalized spacial score (nSPS) is 27.9. The van der Waals surface area contributed by atoms with Crippen LogP contribution in [0, 0.1) is 23.7 Å². The Morgan fingerprint density at radius 2 is 1.91 bits per heavy atom. The Balaban J connectivity index is 1.69. The molecule has 0 heterocycles. The summed E-state index contributed by atoms with van der Waals surface area (Å²) in [5, 5.41) is 3.32. The highest BCUT2D eigenvalue weighted by Crippen LogP contribution is 2.48. The quantitative estimate of drug-likeness (QED) is 0.894. The smallest absolute Gasteiger partial charge is 0.223 e. The molecular formula is C19H27NO2. The molecule has 2 bridgehead atoms. The molecular weight excluding hydrogens is 274 g/mol. The third kappa shape index (κ3) is 2.99. The number of hydrogen-bond acceptors (Lipinski definition) is 2. The Hall–Kier alpha value is -1.51. The van der Waals surface area contributed by atoms with Crippen LogP contribution < -0.4 is 10.1 Å². The Labute approximate surface area is 133 Å². The molecule has 22 heavy (non-hydrogen) atoms. The van der Waals surface area contributed by atoms with E-state index >= 15 is 0 Å². The van der Waals surface area contributed by atoms with E-state index in [0.29, 0.717) is 11.8 Å². The van der Waals surface area contributed by atoms with Gasteiger partial charge in [-0.25, -0.2) is 0 Å². The minimum Gasteiger partial charge on any atom is -0.497 e. The van der Waals surface area contributed by atoms with Crippen LogP contribution in [0.4, 0.5) is 0 Å². The Morgan fingerprint density at radius 3 is 2.41 bits per heavy atom. The number of benzene rings is 1. The van der Waals surface area contributed by atoms with Crippen LogP contribution in [-0.4, -0.2) is 13.0 Å². The van der Waals surface area contributed by atoms with E-state index in [1.807, 2.05) is 12.1 Å². The van der Waals surface area contributed by atoms with Gasteiger partial charge >= 0.3 is 0 Å². The summed E-state index contributed by atoms with van der Waals surface area (Å²) in [5.74, 6) is 3.18.